The molecule has 0 spiro atoms. The van der Waals surface area contributed by atoms with Gasteiger partial charge in [-0.05, 0) is 36.6 Å². The topological polar surface area (TPSA) is 42.2 Å². The Morgan fingerprint density at radius 3 is 2.71 bits per heavy atom. The van der Waals surface area contributed by atoms with Crippen molar-refractivity contribution in [3.8, 4) is 5.75 Å². The van der Waals surface area contributed by atoms with Crippen LogP contribution in [0.4, 0.5) is 0 Å². The van der Waals surface area contributed by atoms with Gasteiger partial charge in [-0.25, -0.2) is 0 Å². The summed E-state index contributed by atoms with van der Waals surface area (Å²) in [6, 6.07) is 11.2. The number of rotatable bonds is 3. The van der Waals surface area contributed by atoms with Crippen molar-refractivity contribution >= 4 is 0 Å². The second kappa shape index (κ2) is 4.87. The van der Waals surface area contributed by atoms with E-state index in [9.17, 15) is 9.90 Å². The van der Waals surface area contributed by atoms with E-state index in [4.69, 9.17) is 0 Å². The highest BCUT2D eigenvalue weighted by Gasteiger charge is 2.02. The summed E-state index contributed by atoms with van der Waals surface area (Å²) < 4.78 is 1.53. The van der Waals surface area contributed by atoms with E-state index in [1.807, 2.05) is 12.1 Å². The molecule has 0 atom stereocenters. The third-order valence-corrected chi connectivity index (χ3v) is 2.88. The molecule has 0 unspecified atom stereocenters. The van der Waals surface area contributed by atoms with E-state index in [0.717, 1.165) is 6.42 Å². The van der Waals surface area contributed by atoms with E-state index in [1.54, 1.807) is 12.3 Å². The number of hydrogen-bond acceptors (Lipinski definition) is 2. The first-order valence-corrected chi connectivity index (χ1v) is 5.61. The lowest BCUT2D eigenvalue weighted by Crippen LogP contribution is -2.19. The van der Waals surface area contributed by atoms with Crippen molar-refractivity contribution in [3.05, 3.63) is 64.1 Å². The van der Waals surface area contributed by atoms with Gasteiger partial charge in [0.05, 0.1) is 0 Å². The van der Waals surface area contributed by atoms with Gasteiger partial charge in [0.15, 0.2) is 5.75 Å². The van der Waals surface area contributed by atoms with Gasteiger partial charge >= 0.3 is 0 Å². The van der Waals surface area contributed by atoms with Crippen LogP contribution in [-0.2, 0) is 13.0 Å². The molecular weight excluding hydrogens is 214 g/mol. The molecule has 1 aromatic heterocycles. The maximum atomic E-state index is 11.6. The molecule has 2 aromatic rings. The zero-order chi connectivity index (χ0) is 12.3. The van der Waals surface area contributed by atoms with Crippen molar-refractivity contribution in [2.24, 2.45) is 0 Å². The molecular formula is C14H15NO2. The number of aromatic nitrogens is 1. The van der Waals surface area contributed by atoms with Crippen LogP contribution < -0.4 is 5.56 Å². The Morgan fingerprint density at radius 2 is 1.94 bits per heavy atom. The first-order chi connectivity index (χ1) is 8.18. The monoisotopic (exact) mass is 229 g/mol. The fourth-order valence-electron chi connectivity index (χ4n) is 1.83. The van der Waals surface area contributed by atoms with Gasteiger partial charge in [0.2, 0.25) is 0 Å². The van der Waals surface area contributed by atoms with Crippen LogP contribution in [0.15, 0.2) is 47.4 Å². The van der Waals surface area contributed by atoms with Crippen LogP contribution >= 0.6 is 0 Å². The molecule has 0 fully saturated rings. The van der Waals surface area contributed by atoms with E-state index in [1.165, 1.54) is 21.8 Å². The third-order valence-electron chi connectivity index (χ3n) is 2.88. The summed E-state index contributed by atoms with van der Waals surface area (Å²) >= 11 is 0. The molecule has 3 nitrogen and oxygen atoms in total. The van der Waals surface area contributed by atoms with Gasteiger partial charge in [0.25, 0.3) is 5.56 Å². The Hall–Kier alpha value is -2.03. The molecule has 0 saturated heterocycles. The predicted octanol–water partition coefficient (Wildman–Crippen LogP) is 2.11. The number of nitrogens with zero attached hydrogens (tertiary/aromatic N) is 1. The maximum Gasteiger partial charge on any atom is 0.292 e. The van der Waals surface area contributed by atoms with Crippen LogP contribution in [0.1, 0.15) is 11.1 Å². The van der Waals surface area contributed by atoms with Gasteiger partial charge < -0.3 is 9.67 Å². The van der Waals surface area contributed by atoms with Crippen LogP contribution in [0.3, 0.4) is 0 Å². The third kappa shape index (κ3) is 2.56. The van der Waals surface area contributed by atoms with Crippen molar-refractivity contribution in [1.29, 1.82) is 0 Å². The molecule has 17 heavy (non-hydrogen) atoms. The number of aryl methyl sites for hydroxylation is 3. The minimum Gasteiger partial charge on any atom is -0.503 e. The molecule has 1 aromatic carbocycles. The van der Waals surface area contributed by atoms with Crippen molar-refractivity contribution in [1.82, 2.24) is 4.57 Å². The summed E-state index contributed by atoms with van der Waals surface area (Å²) in [5.74, 6) is -0.197. The molecule has 1 N–H and O–H groups in total. The Labute approximate surface area is 100.0 Å². The number of aromatic hydroxyl groups is 1. The lowest BCUT2D eigenvalue weighted by molar-refractivity contribution is 0.456. The quantitative estimate of drug-likeness (QED) is 0.875. The van der Waals surface area contributed by atoms with E-state index in [0.29, 0.717) is 6.54 Å². The molecule has 0 saturated carbocycles. The molecule has 3 heteroatoms. The SMILES string of the molecule is Cc1ccccc1CCn1cccc(O)c1=O. The fourth-order valence-corrected chi connectivity index (χ4v) is 1.83. The second-order valence-electron chi connectivity index (χ2n) is 4.07. The summed E-state index contributed by atoms with van der Waals surface area (Å²) in [5.41, 5.74) is 2.12. The highest BCUT2D eigenvalue weighted by molar-refractivity contribution is 5.25. The molecule has 0 aliphatic rings. The van der Waals surface area contributed by atoms with Gasteiger partial charge in [-0.15, -0.1) is 0 Å². The van der Waals surface area contributed by atoms with Gasteiger partial charge in [0, 0.05) is 12.7 Å². The highest BCUT2D eigenvalue weighted by Crippen LogP contribution is 2.08. The average Bonchev–Trinajstić information content (AvgIpc) is 2.33. The summed E-state index contributed by atoms with van der Waals surface area (Å²) in [6.07, 6.45) is 2.48. The first kappa shape index (κ1) is 11.5. The standard InChI is InChI=1S/C14H15NO2/c1-11-5-2-3-6-12(11)8-10-15-9-4-7-13(16)14(15)17/h2-7,9,16H,8,10H2,1H3. The van der Waals surface area contributed by atoms with Crippen LogP contribution in [0.5, 0.6) is 5.75 Å². The Kier molecular flexibility index (Phi) is 3.28. The van der Waals surface area contributed by atoms with Crippen molar-refractivity contribution < 1.29 is 5.11 Å². The fraction of sp³-hybridized carbons (Fsp3) is 0.214. The van der Waals surface area contributed by atoms with Crippen LogP contribution in [0, 0.1) is 6.92 Å². The molecule has 2 rings (SSSR count). The Balaban J connectivity index is 2.16. The average molecular weight is 229 g/mol. The van der Waals surface area contributed by atoms with Gasteiger partial charge in [-0.3, -0.25) is 4.79 Å². The van der Waals surface area contributed by atoms with E-state index in [-0.39, 0.29) is 11.3 Å². The molecule has 0 bridgehead atoms. The zero-order valence-corrected chi connectivity index (χ0v) is 9.76. The van der Waals surface area contributed by atoms with Crippen LogP contribution in [0.2, 0.25) is 0 Å². The van der Waals surface area contributed by atoms with Gasteiger partial charge in [0.1, 0.15) is 0 Å². The molecule has 1 heterocycles. The number of benzene rings is 1. The zero-order valence-electron chi connectivity index (χ0n) is 9.76. The van der Waals surface area contributed by atoms with E-state index in [2.05, 4.69) is 19.1 Å². The smallest absolute Gasteiger partial charge is 0.292 e. The van der Waals surface area contributed by atoms with Crippen molar-refractivity contribution in [3.63, 3.8) is 0 Å². The largest absolute Gasteiger partial charge is 0.503 e. The lowest BCUT2D eigenvalue weighted by Gasteiger charge is -2.08. The summed E-state index contributed by atoms with van der Waals surface area (Å²) in [6.45, 7) is 2.64. The Morgan fingerprint density at radius 1 is 1.18 bits per heavy atom. The lowest BCUT2D eigenvalue weighted by atomic mass is 10.1. The van der Waals surface area contributed by atoms with E-state index < -0.39 is 0 Å². The minimum atomic E-state index is -0.332. The molecule has 0 radical (unpaired) electrons. The molecule has 0 aliphatic heterocycles. The molecule has 88 valence electrons. The number of hydrogen-bond donors (Lipinski definition) is 1. The maximum absolute atomic E-state index is 11.6. The normalized spacial score (nSPS) is 10.4. The van der Waals surface area contributed by atoms with Crippen molar-refractivity contribution in [2.45, 2.75) is 19.9 Å². The first-order valence-electron chi connectivity index (χ1n) is 5.61. The number of pyridine rings is 1. The molecule has 0 aliphatic carbocycles. The van der Waals surface area contributed by atoms with Gasteiger partial charge in [-0.2, -0.15) is 0 Å². The summed E-state index contributed by atoms with van der Waals surface area (Å²) in [4.78, 5) is 11.6. The second-order valence-corrected chi connectivity index (χ2v) is 4.07. The minimum absolute atomic E-state index is 0.197. The molecule has 0 amide bonds. The summed E-state index contributed by atoms with van der Waals surface area (Å²) in [7, 11) is 0. The highest BCUT2D eigenvalue weighted by atomic mass is 16.3. The van der Waals surface area contributed by atoms with Crippen LogP contribution in [-0.4, -0.2) is 9.67 Å². The predicted molar refractivity (Wildman–Crippen MR) is 67.2 cm³/mol. The van der Waals surface area contributed by atoms with Crippen LogP contribution in [0.25, 0.3) is 0 Å². The van der Waals surface area contributed by atoms with Gasteiger partial charge in [-0.1, -0.05) is 24.3 Å². The van der Waals surface area contributed by atoms with E-state index >= 15 is 0 Å². The Bertz CT molecular complexity index is 572. The summed E-state index contributed by atoms with van der Waals surface area (Å²) in [5, 5.41) is 9.32. The van der Waals surface area contributed by atoms with Crippen molar-refractivity contribution in [2.75, 3.05) is 0 Å².